The number of hydrogen-bond donors (Lipinski definition) is 2. The van der Waals surface area contributed by atoms with Gasteiger partial charge in [-0.05, 0) is 36.0 Å². The van der Waals surface area contributed by atoms with Crippen molar-refractivity contribution in [2.24, 2.45) is 0 Å². The zero-order valence-electron chi connectivity index (χ0n) is 21.3. The third kappa shape index (κ3) is 12.2. The molecule has 0 aliphatic heterocycles. The lowest BCUT2D eigenvalue weighted by Crippen LogP contribution is -2.52. The van der Waals surface area contributed by atoms with Gasteiger partial charge in [0.2, 0.25) is 0 Å². The number of unbranched alkanes of at least 4 members (excludes halogenated alkanes) is 4. The van der Waals surface area contributed by atoms with E-state index in [1.807, 2.05) is 27.2 Å². The summed E-state index contributed by atoms with van der Waals surface area (Å²) in [6, 6.07) is 18.5. The third-order valence-corrected chi connectivity index (χ3v) is 5.68. The molecule has 0 aliphatic rings. The predicted molar refractivity (Wildman–Crippen MR) is 139 cm³/mol. The van der Waals surface area contributed by atoms with Crippen LogP contribution in [0.5, 0.6) is 0 Å². The molecule has 2 N–H and O–H groups in total. The van der Waals surface area contributed by atoms with Crippen molar-refractivity contribution < 1.29 is 23.6 Å². The van der Waals surface area contributed by atoms with Crippen LogP contribution in [0.25, 0.3) is 11.1 Å². The number of quaternary nitrogens is 1. The molecule has 0 saturated carbocycles. The summed E-state index contributed by atoms with van der Waals surface area (Å²) in [5.41, 5.74) is 3.85. The second kappa shape index (κ2) is 14.9. The highest BCUT2D eigenvalue weighted by Gasteiger charge is 2.23. The maximum Gasteiger partial charge on any atom is 0.315 e. The van der Waals surface area contributed by atoms with E-state index in [0.29, 0.717) is 17.6 Å². The number of nitrogens with one attached hydrogen (secondary N) is 2. The molecule has 0 bridgehead atoms. The fourth-order valence-electron chi connectivity index (χ4n) is 4.04. The third-order valence-electron chi connectivity index (χ3n) is 5.68. The number of carbonyl (C=O) groups is 3. The molecule has 0 radical (unpaired) electrons. The number of aryl methyl sites for hydroxylation is 1. The summed E-state index contributed by atoms with van der Waals surface area (Å²) in [7, 11) is 5.91. The lowest BCUT2D eigenvalue weighted by atomic mass is 10.0. The molecule has 7 heteroatoms. The maximum absolute atomic E-state index is 12.2. The molecule has 2 aromatic carbocycles. The lowest BCUT2D eigenvalue weighted by molar-refractivity contribution is -0.871. The van der Waals surface area contributed by atoms with E-state index in [0.717, 1.165) is 38.5 Å². The minimum atomic E-state index is -0.647. The Bertz CT molecular complexity index is 908. The summed E-state index contributed by atoms with van der Waals surface area (Å²) in [6.07, 6.45) is 6.45. The number of amides is 2. The van der Waals surface area contributed by atoms with Crippen LogP contribution in [0.4, 0.5) is 4.79 Å². The zero-order chi connectivity index (χ0) is 25.5. The Morgan fingerprint density at radius 1 is 0.886 bits per heavy atom. The van der Waals surface area contributed by atoms with Crippen molar-refractivity contribution >= 4 is 18.5 Å². The van der Waals surface area contributed by atoms with Gasteiger partial charge in [-0.2, -0.15) is 0 Å². The predicted octanol–water partition coefficient (Wildman–Crippen LogP) is 4.31. The molecular formula is C28H40N3O4+. The Morgan fingerprint density at radius 3 is 2.17 bits per heavy atom. The second-order valence-electron chi connectivity index (χ2n) is 9.94. The Hall–Kier alpha value is -3.19. The van der Waals surface area contributed by atoms with Crippen LogP contribution in [-0.2, 0) is 20.7 Å². The van der Waals surface area contributed by atoms with Gasteiger partial charge in [-0.1, -0.05) is 73.9 Å². The number of hydrogen-bond acceptors (Lipinski definition) is 4. The van der Waals surface area contributed by atoms with Gasteiger partial charge < -0.3 is 19.9 Å². The Morgan fingerprint density at radius 2 is 1.51 bits per heavy atom. The van der Waals surface area contributed by atoms with Crippen molar-refractivity contribution in [1.29, 1.82) is 0 Å². The Balaban J connectivity index is 1.58. The molecule has 0 spiro atoms. The number of nitrogens with zero attached hydrogens (tertiary/aromatic N) is 1. The van der Waals surface area contributed by atoms with E-state index < -0.39 is 12.0 Å². The van der Waals surface area contributed by atoms with Crippen LogP contribution in [0, 0.1) is 0 Å². The van der Waals surface area contributed by atoms with Gasteiger partial charge in [-0.15, -0.1) is 0 Å². The molecule has 7 nitrogen and oxygen atoms in total. The van der Waals surface area contributed by atoms with Crippen molar-refractivity contribution in [3.8, 4) is 11.1 Å². The SMILES string of the molecule is C[N+](C)(C)C[C@@H](CC(=O)OC=O)NC(=O)NCCCCCCCc1ccc(-c2ccccc2)cc1. The smallest absolute Gasteiger partial charge is 0.315 e. The summed E-state index contributed by atoms with van der Waals surface area (Å²) in [6.45, 7) is 1.24. The first kappa shape index (κ1) is 28.1. The van der Waals surface area contributed by atoms with Gasteiger partial charge in [-0.25, -0.2) is 4.79 Å². The molecule has 35 heavy (non-hydrogen) atoms. The van der Waals surface area contributed by atoms with Gasteiger partial charge in [0.1, 0.15) is 0 Å². The fraction of sp³-hybridized carbons (Fsp3) is 0.464. The topological polar surface area (TPSA) is 84.5 Å². The van der Waals surface area contributed by atoms with Gasteiger partial charge in [0.05, 0.1) is 40.2 Å². The van der Waals surface area contributed by atoms with Crippen LogP contribution in [0.2, 0.25) is 0 Å². The van der Waals surface area contributed by atoms with Crippen molar-refractivity contribution in [2.75, 3.05) is 34.2 Å². The van der Waals surface area contributed by atoms with E-state index in [9.17, 15) is 14.4 Å². The van der Waals surface area contributed by atoms with E-state index in [1.54, 1.807) is 0 Å². The van der Waals surface area contributed by atoms with Gasteiger partial charge >= 0.3 is 18.5 Å². The molecule has 2 amide bonds. The normalized spacial score (nSPS) is 12.0. The number of likely N-dealkylation sites (N-methyl/N-ethyl adjacent to an activating group) is 1. The molecule has 1 atom stereocenters. The highest BCUT2D eigenvalue weighted by Crippen LogP contribution is 2.20. The molecule has 0 unspecified atom stereocenters. The Labute approximate surface area is 209 Å². The van der Waals surface area contributed by atoms with Crippen molar-refractivity contribution in [1.82, 2.24) is 10.6 Å². The number of ether oxygens (including phenoxy) is 1. The van der Waals surface area contributed by atoms with Crippen LogP contribution >= 0.6 is 0 Å². The highest BCUT2D eigenvalue weighted by atomic mass is 16.6. The van der Waals surface area contributed by atoms with Crippen molar-refractivity contribution in [3.63, 3.8) is 0 Å². The summed E-state index contributed by atoms with van der Waals surface area (Å²) in [5, 5.41) is 5.69. The number of benzene rings is 2. The van der Waals surface area contributed by atoms with E-state index in [-0.39, 0.29) is 18.9 Å². The molecule has 2 aromatic rings. The number of esters is 1. The van der Waals surface area contributed by atoms with Crippen molar-refractivity contribution in [2.45, 2.75) is 51.0 Å². The van der Waals surface area contributed by atoms with E-state index >= 15 is 0 Å². The molecule has 190 valence electrons. The summed E-state index contributed by atoms with van der Waals surface area (Å²) >= 11 is 0. The highest BCUT2D eigenvalue weighted by molar-refractivity contribution is 5.79. The van der Waals surface area contributed by atoms with E-state index in [1.165, 1.54) is 16.7 Å². The molecule has 2 rings (SSSR count). The number of carbonyl (C=O) groups excluding carboxylic acids is 3. The first-order valence-corrected chi connectivity index (χ1v) is 12.4. The quantitative estimate of drug-likeness (QED) is 0.130. The molecule has 0 aromatic heterocycles. The van der Waals surface area contributed by atoms with Crippen LogP contribution in [0.1, 0.15) is 44.1 Å². The van der Waals surface area contributed by atoms with Gasteiger partial charge in [0.15, 0.2) is 0 Å². The average Bonchev–Trinajstić information content (AvgIpc) is 2.80. The molecule has 0 fully saturated rings. The minimum Gasteiger partial charge on any atom is -0.395 e. The standard InChI is InChI=1S/C28H39N3O4/c1-31(2,3)21-26(20-27(33)35-22-32)30-28(34)29-19-11-6-4-5-8-12-23-15-17-25(18-16-23)24-13-9-7-10-14-24/h7,9-10,13-18,22,26H,4-6,8,11-12,19-21H2,1-3H3,(H-,29,30,34)/p+1/t26-/m1/s1. The summed E-state index contributed by atoms with van der Waals surface area (Å²) < 4.78 is 4.93. The first-order valence-electron chi connectivity index (χ1n) is 12.4. The van der Waals surface area contributed by atoms with Crippen LogP contribution < -0.4 is 10.6 Å². The van der Waals surface area contributed by atoms with Crippen LogP contribution in [0.3, 0.4) is 0 Å². The monoisotopic (exact) mass is 482 g/mol. The minimum absolute atomic E-state index is 0.0450. The maximum atomic E-state index is 12.2. The fourth-order valence-corrected chi connectivity index (χ4v) is 4.04. The molecular weight excluding hydrogens is 442 g/mol. The first-order chi connectivity index (χ1) is 16.8. The zero-order valence-corrected chi connectivity index (χ0v) is 21.3. The van der Waals surface area contributed by atoms with Gasteiger partial charge in [-0.3, -0.25) is 9.59 Å². The van der Waals surface area contributed by atoms with Crippen molar-refractivity contribution in [3.05, 3.63) is 60.2 Å². The number of urea groups is 1. The number of rotatable bonds is 15. The molecule has 0 heterocycles. The van der Waals surface area contributed by atoms with E-state index in [4.69, 9.17) is 0 Å². The molecule has 0 saturated heterocycles. The Kier molecular flexibility index (Phi) is 12.0. The van der Waals surface area contributed by atoms with Crippen LogP contribution in [0.15, 0.2) is 54.6 Å². The second-order valence-corrected chi connectivity index (χ2v) is 9.94. The summed E-state index contributed by atoms with van der Waals surface area (Å²) in [5.74, 6) is -0.647. The average molecular weight is 483 g/mol. The largest absolute Gasteiger partial charge is 0.395 e. The van der Waals surface area contributed by atoms with Crippen LogP contribution in [-0.4, -0.2) is 63.2 Å². The lowest BCUT2D eigenvalue weighted by Gasteiger charge is -2.29. The van der Waals surface area contributed by atoms with E-state index in [2.05, 4.69) is 63.9 Å². The van der Waals surface area contributed by atoms with Gasteiger partial charge in [0, 0.05) is 6.54 Å². The molecule has 0 aliphatic carbocycles. The summed E-state index contributed by atoms with van der Waals surface area (Å²) in [4.78, 5) is 34.2. The van der Waals surface area contributed by atoms with Gasteiger partial charge in [0.25, 0.3) is 0 Å².